The summed E-state index contributed by atoms with van der Waals surface area (Å²) < 4.78 is 7.72. The first-order valence-corrected chi connectivity index (χ1v) is 14.5. The Morgan fingerprint density at radius 2 is 1.74 bits per heavy atom. The lowest BCUT2D eigenvalue weighted by molar-refractivity contribution is -0.136. The molecule has 6 nitrogen and oxygen atoms in total. The summed E-state index contributed by atoms with van der Waals surface area (Å²) in [5, 5.41) is 0.678. The quantitative estimate of drug-likeness (QED) is 0.239. The molecule has 0 N–H and O–H groups in total. The van der Waals surface area contributed by atoms with Crippen molar-refractivity contribution < 1.29 is 19.1 Å². The van der Waals surface area contributed by atoms with Crippen LogP contribution in [0, 0.1) is 7.14 Å². The van der Waals surface area contributed by atoms with Crippen LogP contribution in [0.1, 0.15) is 30.4 Å². The van der Waals surface area contributed by atoms with Crippen molar-refractivity contribution in [1.82, 2.24) is 9.80 Å². The van der Waals surface area contributed by atoms with Crippen molar-refractivity contribution in [3.8, 4) is 5.75 Å². The van der Waals surface area contributed by atoms with E-state index in [1.807, 2.05) is 18.2 Å². The molecule has 0 unspecified atom stereocenters. The van der Waals surface area contributed by atoms with Crippen LogP contribution in [0.25, 0.3) is 6.08 Å². The summed E-state index contributed by atoms with van der Waals surface area (Å²) in [5.74, 6) is 0.0855. The van der Waals surface area contributed by atoms with Crippen molar-refractivity contribution in [2.75, 3.05) is 19.6 Å². The topological polar surface area (TPSA) is 66.9 Å². The summed E-state index contributed by atoms with van der Waals surface area (Å²) in [6, 6.07) is 9.03. The molecule has 2 saturated heterocycles. The van der Waals surface area contributed by atoms with Gasteiger partial charge in [0, 0.05) is 28.7 Å². The molecule has 3 amide bonds. The van der Waals surface area contributed by atoms with Gasteiger partial charge in [-0.1, -0.05) is 29.3 Å². The second-order valence-corrected chi connectivity index (χ2v) is 12.2. The first-order valence-electron chi connectivity index (χ1n) is 10.8. The lowest BCUT2D eigenvalue weighted by atomic mass is 10.1. The molecule has 0 spiro atoms. The van der Waals surface area contributed by atoms with E-state index >= 15 is 0 Å². The average molecular weight is 757 g/mol. The molecule has 0 aromatic heterocycles. The highest BCUT2D eigenvalue weighted by Crippen LogP contribution is 2.35. The van der Waals surface area contributed by atoms with Crippen LogP contribution in [-0.2, 0) is 16.2 Å². The third kappa shape index (κ3) is 6.65. The smallest absolute Gasteiger partial charge is 0.294 e. The van der Waals surface area contributed by atoms with Gasteiger partial charge in [0.05, 0.1) is 12.0 Å². The number of carbonyl (C=O) groups is 3. The zero-order valence-corrected chi connectivity index (χ0v) is 25.0. The Kier molecular flexibility index (Phi) is 9.28. The standard InChI is InChI=1S/C24H20Cl2I2N2O4S/c25-16-5-4-15(17(26)11-16)13-34-22-18(27)8-14(9-19(22)28)10-20-23(32)30(24(33)35-20)12-21(31)29-6-2-1-3-7-29/h4-5,8-11H,1-3,6-7,12-13H2/b20-10-. The van der Waals surface area contributed by atoms with Gasteiger partial charge in [-0.2, -0.15) is 0 Å². The molecule has 2 aliphatic rings. The Morgan fingerprint density at radius 1 is 1.06 bits per heavy atom. The molecule has 2 fully saturated rings. The van der Waals surface area contributed by atoms with Gasteiger partial charge in [0.2, 0.25) is 5.91 Å². The fraction of sp³-hybridized carbons (Fsp3) is 0.292. The Morgan fingerprint density at radius 3 is 2.40 bits per heavy atom. The zero-order valence-electron chi connectivity index (χ0n) is 18.4. The van der Waals surface area contributed by atoms with E-state index < -0.39 is 11.1 Å². The summed E-state index contributed by atoms with van der Waals surface area (Å²) in [4.78, 5) is 41.0. The second kappa shape index (κ2) is 12.0. The first kappa shape index (κ1) is 27.0. The van der Waals surface area contributed by atoms with Gasteiger partial charge in [0.15, 0.2) is 0 Å². The number of imide groups is 1. The molecular formula is C24H20Cl2I2N2O4S. The summed E-state index contributed by atoms with van der Waals surface area (Å²) >= 11 is 17.4. The molecule has 0 radical (unpaired) electrons. The number of hydrogen-bond donors (Lipinski definition) is 0. The van der Waals surface area contributed by atoms with Crippen LogP contribution in [0.3, 0.4) is 0 Å². The van der Waals surface area contributed by atoms with Crippen molar-refractivity contribution in [2.24, 2.45) is 0 Å². The van der Waals surface area contributed by atoms with E-state index in [0.29, 0.717) is 33.8 Å². The monoisotopic (exact) mass is 756 g/mol. The van der Waals surface area contributed by atoms with Gasteiger partial charge in [-0.25, -0.2) is 0 Å². The highest BCUT2D eigenvalue weighted by Gasteiger charge is 2.37. The van der Waals surface area contributed by atoms with E-state index in [4.69, 9.17) is 27.9 Å². The number of thioether (sulfide) groups is 1. The number of halogens is 4. The largest absolute Gasteiger partial charge is 0.487 e. The maximum atomic E-state index is 12.9. The van der Waals surface area contributed by atoms with Crippen LogP contribution >= 0.6 is 80.1 Å². The number of piperidine rings is 1. The van der Waals surface area contributed by atoms with E-state index in [1.54, 1.807) is 23.1 Å². The van der Waals surface area contributed by atoms with Gasteiger partial charge in [-0.3, -0.25) is 19.3 Å². The number of likely N-dealkylation sites (tertiary alicyclic amines) is 1. The first-order chi connectivity index (χ1) is 16.7. The van der Waals surface area contributed by atoms with Crippen LogP contribution in [-0.4, -0.2) is 46.5 Å². The SMILES string of the molecule is O=C(CN1C(=O)S/C(=C\c2cc(I)c(OCc3ccc(Cl)cc3Cl)c(I)c2)C1=O)N1CCCCC1. The van der Waals surface area contributed by atoms with Crippen molar-refractivity contribution in [1.29, 1.82) is 0 Å². The van der Waals surface area contributed by atoms with Gasteiger partial charge < -0.3 is 9.64 Å². The van der Waals surface area contributed by atoms with Crippen molar-refractivity contribution in [3.63, 3.8) is 0 Å². The van der Waals surface area contributed by atoms with Gasteiger partial charge in [0.25, 0.3) is 11.1 Å². The van der Waals surface area contributed by atoms with Crippen molar-refractivity contribution >= 4 is 103 Å². The lowest BCUT2D eigenvalue weighted by Crippen LogP contribution is -2.44. The average Bonchev–Trinajstić information content (AvgIpc) is 3.07. The van der Waals surface area contributed by atoms with Gasteiger partial charge >= 0.3 is 0 Å². The minimum atomic E-state index is -0.437. The van der Waals surface area contributed by atoms with Crippen molar-refractivity contribution in [3.05, 3.63) is 63.5 Å². The zero-order chi connectivity index (χ0) is 25.1. The number of ether oxygens (including phenoxy) is 1. The van der Waals surface area contributed by atoms with Crippen LogP contribution in [0.4, 0.5) is 4.79 Å². The minimum Gasteiger partial charge on any atom is -0.487 e. The van der Waals surface area contributed by atoms with Crippen LogP contribution < -0.4 is 4.74 Å². The molecular weight excluding hydrogens is 737 g/mol. The Bertz CT molecular complexity index is 1200. The van der Waals surface area contributed by atoms with Crippen molar-refractivity contribution in [2.45, 2.75) is 25.9 Å². The maximum absolute atomic E-state index is 12.9. The van der Waals surface area contributed by atoms with Crippen LogP contribution in [0.5, 0.6) is 5.75 Å². The lowest BCUT2D eigenvalue weighted by Gasteiger charge is -2.27. The normalized spacial score (nSPS) is 17.4. The van der Waals surface area contributed by atoms with Gasteiger partial charge in [-0.15, -0.1) is 0 Å². The predicted molar refractivity (Wildman–Crippen MR) is 156 cm³/mol. The summed E-state index contributed by atoms with van der Waals surface area (Å²) in [6.07, 6.45) is 4.69. The highest BCUT2D eigenvalue weighted by molar-refractivity contribution is 14.1. The fourth-order valence-corrected chi connectivity index (χ4v) is 7.18. The minimum absolute atomic E-state index is 0.181. The highest BCUT2D eigenvalue weighted by atomic mass is 127. The molecule has 2 aliphatic heterocycles. The van der Waals surface area contributed by atoms with Crippen LogP contribution in [0.15, 0.2) is 35.2 Å². The Hall–Kier alpha value is -1.02. The van der Waals surface area contributed by atoms with E-state index in [1.165, 1.54) is 0 Å². The number of hydrogen-bond acceptors (Lipinski definition) is 5. The molecule has 11 heteroatoms. The fourth-order valence-electron chi connectivity index (χ4n) is 3.76. The summed E-state index contributed by atoms with van der Waals surface area (Å²) in [6.45, 7) is 1.43. The number of nitrogens with zero attached hydrogens (tertiary/aromatic N) is 2. The van der Waals surface area contributed by atoms with E-state index in [2.05, 4.69) is 45.2 Å². The molecule has 4 rings (SSSR count). The molecule has 0 aliphatic carbocycles. The summed E-state index contributed by atoms with van der Waals surface area (Å²) in [5.41, 5.74) is 1.59. The van der Waals surface area contributed by atoms with Gasteiger partial charge in [0.1, 0.15) is 18.9 Å². The maximum Gasteiger partial charge on any atom is 0.294 e. The third-order valence-corrected chi connectivity index (χ3v) is 8.68. The Labute approximate surface area is 245 Å². The van der Waals surface area contributed by atoms with E-state index in [9.17, 15) is 14.4 Å². The number of rotatable bonds is 6. The van der Waals surface area contributed by atoms with Crippen LogP contribution in [0.2, 0.25) is 10.0 Å². The molecule has 0 saturated carbocycles. The summed E-state index contributed by atoms with van der Waals surface area (Å²) in [7, 11) is 0. The molecule has 2 aromatic carbocycles. The van der Waals surface area contributed by atoms with E-state index in [0.717, 1.165) is 54.2 Å². The Balaban J connectivity index is 1.45. The predicted octanol–water partition coefficient (Wildman–Crippen LogP) is 6.83. The second-order valence-electron chi connectivity index (χ2n) is 8.05. The third-order valence-electron chi connectivity index (χ3n) is 5.58. The number of benzene rings is 2. The van der Waals surface area contributed by atoms with E-state index in [-0.39, 0.29) is 19.1 Å². The number of carbonyl (C=O) groups excluding carboxylic acids is 3. The molecule has 0 bridgehead atoms. The molecule has 2 aromatic rings. The number of amides is 3. The molecule has 0 atom stereocenters. The molecule has 184 valence electrons. The van der Waals surface area contributed by atoms with Gasteiger partial charge in [-0.05, 0) is 112 Å². The molecule has 35 heavy (non-hydrogen) atoms. The molecule has 2 heterocycles.